The van der Waals surface area contributed by atoms with E-state index < -0.39 is 0 Å². The van der Waals surface area contributed by atoms with E-state index >= 15 is 0 Å². The zero-order valence-electron chi connectivity index (χ0n) is 11.2. The van der Waals surface area contributed by atoms with Crippen molar-refractivity contribution in [3.8, 4) is 0 Å². The first kappa shape index (κ1) is 13.5. The van der Waals surface area contributed by atoms with E-state index in [1.165, 1.54) is 30.4 Å². The number of hydrazine groups is 1. The van der Waals surface area contributed by atoms with Gasteiger partial charge in [-0.2, -0.15) is 0 Å². The van der Waals surface area contributed by atoms with Crippen LogP contribution in [0.15, 0.2) is 24.3 Å². The normalized spacial score (nSPS) is 21.8. The Morgan fingerprint density at radius 1 is 1.39 bits per heavy atom. The number of hydrogen-bond acceptors (Lipinski definition) is 3. The van der Waals surface area contributed by atoms with E-state index in [4.69, 9.17) is 10.6 Å². The first-order chi connectivity index (χ1) is 8.79. The standard InChI is InChI=1S/C15H24N2O/c1-12-6-2-3-7-13(12)10-14(17-16)11-15-8-4-5-9-18-15/h2-3,6-7,14-15,17H,4-5,8-11,16H2,1H3. The number of nitrogens with two attached hydrogens (primary N) is 1. The number of benzene rings is 1. The monoisotopic (exact) mass is 248 g/mol. The van der Waals surface area contributed by atoms with E-state index in [0.717, 1.165) is 19.4 Å². The van der Waals surface area contributed by atoms with Gasteiger partial charge in [0.2, 0.25) is 0 Å². The fourth-order valence-corrected chi connectivity index (χ4v) is 2.63. The second kappa shape index (κ2) is 6.88. The smallest absolute Gasteiger partial charge is 0.0590 e. The van der Waals surface area contributed by atoms with Gasteiger partial charge in [-0.25, -0.2) is 0 Å². The SMILES string of the molecule is Cc1ccccc1CC(CC1CCCCO1)NN. The van der Waals surface area contributed by atoms with Gasteiger partial charge in [0.25, 0.3) is 0 Å². The highest BCUT2D eigenvalue weighted by Gasteiger charge is 2.19. The summed E-state index contributed by atoms with van der Waals surface area (Å²) in [6.07, 6.45) is 6.02. The van der Waals surface area contributed by atoms with Gasteiger partial charge >= 0.3 is 0 Å². The number of nitrogens with one attached hydrogen (secondary N) is 1. The van der Waals surface area contributed by atoms with Crippen LogP contribution in [0.3, 0.4) is 0 Å². The van der Waals surface area contributed by atoms with Crippen molar-refractivity contribution in [3.05, 3.63) is 35.4 Å². The lowest BCUT2D eigenvalue weighted by molar-refractivity contribution is 0.00523. The summed E-state index contributed by atoms with van der Waals surface area (Å²) in [4.78, 5) is 0. The Bertz CT molecular complexity index is 361. The molecule has 1 aliphatic heterocycles. The third-order valence-corrected chi connectivity index (χ3v) is 3.78. The molecular weight excluding hydrogens is 224 g/mol. The molecule has 1 fully saturated rings. The summed E-state index contributed by atoms with van der Waals surface area (Å²) in [6.45, 7) is 3.06. The maximum atomic E-state index is 5.78. The summed E-state index contributed by atoms with van der Waals surface area (Å²) < 4.78 is 5.78. The van der Waals surface area contributed by atoms with Crippen LogP contribution >= 0.6 is 0 Å². The predicted molar refractivity (Wildman–Crippen MR) is 74.2 cm³/mol. The van der Waals surface area contributed by atoms with E-state index in [9.17, 15) is 0 Å². The van der Waals surface area contributed by atoms with Crippen LogP contribution in [0.5, 0.6) is 0 Å². The van der Waals surface area contributed by atoms with Crippen LogP contribution in [0.4, 0.5) is 0 Å². The highest BCUT2D eigenvalue weighted by Crippen LogP contribution is 2.19. The minimum atomic E-state index is 0.300. The van der Waals surface area contributed by atoms with Crippen molar-refractivity contribution in [2.45, 2.75) is 51.2 Å². The summed E-state index contributed by atoms with van der Waals surface area (Å²) in [6, 6.07) is 8.80. The Balaban J connectivity index is 1.90. The largest absolute Gasteiger partial charge is 0.378 e. The van der Waals surface area contributed by atoms with E-state index in [0.29, 0.717) is 12.1 Å². The van der Waals surface area contributed by atoms with Crippen LogP contribution < -0.4 is 11.3 Å². The molecule has 2 unspecified atom stereocenters. The first-order valence-electron chi connectivity index (χ1n) is 6.92. The molecule has 1 saturated heterocycles. The van der Waals surface area contributed by atoms with Crippen molar-refractivity contribution in [1.29, 1.82) is 0 Å². The molecule has 3 nitrogen and oxygen atoms in total. The fourth-order valence-electron chi connectivity index (χ4n) is 2.63. The van der Waals surface area contributed by atoms with Crippen molar-refractivity contribution >= 4 is 0 Å². The minimum absolute atomic E-state index is 0.300. The fraction of sp³-hybridized carbons (Fsp3) is 0.600. The maximum absolute atomic E-state index is 5.78. The zero-order chi connectivity index (χ0) is 12.8. The van der Waals surface area contributed by atoms with Gasteiger partial charge in [0.05, 0.1) is 6.10 Å². The number of hydrogen-bond donors (Lipinski definition) is 2. The first-order valence-corrected chi connectivity index (χ1v) is 6.92. The summed E-state index contributed by atoms with van der Waals surface area (Å²) in [5.41, 5.74) is 5.65. The Morgan fingerprint density at radius 3 is 2.89 bits per heavy atom. The highest BCUT2D eigenvalue weighted by molar-refractivity contribution is 5.26. The molecule has 0 saturated carbocycles. The lowest BCUT2D eigenvalue weighted by Crippen LogP contribution is -2.40. The summed E-state index contributed by atoms with van der Waals surface area (Å²) in [7, 11) is 0. The minimum Gasteiger partial charge on any atom is -0.378 e. The number of aryl methyl sites for hydroxylation is 1. The third kappa shape index (κ3) is 3.80. The van der Waals surface area contributed by atoms with Crippen molar-refractivity contribution < 1.29 is 4.74 Å². The van der Waals surface area contributed by atoms with Crippen molar-refractivity contribution in [2.75, 3.05) is 6.61 Å². The molecule has 0 aromatic heterocycles. The summed E-state index contributed by atoms with van der Waals surface area (Å²) in [5, 5.41) is 0. The Kier molecular flexibility index (Phi) is 5.17. The average molecular weight is 248 g/mol. The Morgan fingerprint density at radius 2 is 2.22 bits per heavy atom. The van der Waals surface area contributed by atoms with Crippen LogP contribution in [0.1, 0.15) is 36.8 Å². The van der Waals surface area contributed by atoms with Gasteiger partial charge in [0, 0.05) is 12.6 Å². The molecule has 2 rings (SSSR count). The number of rotatable bonds is 5. The quantitative estimate of drug-likeness (QED) is 0.621. The summed E-state index contributed by atoms with van der Waals surface area (Å²) >= 11 is 0. The van der Waals surface area contributed by atoms with Gasteiger partial charge in [-0.1, -0.05) is 24.3 Å². The van der Waals surface area contributed by atoms with Gasteiger partial charge in [0.1, 0.15) is 0 Å². The molecule has 18 heavy (non-hydrogen) atoms. The van der Waals surface area contributed by atoms with E-state index in [2.05, 4.69) is 36.6 Å². The Labute approximate surface area is 110 Å². The van der Waals surface area contributed by atoms with Crippen LogP contribution in [0.25, 0.3) is 0 Å². The predicted octanol–water partition coefficient (Wildman–Crippen LogP) is 2.33. The van der Waals surface area contributed by atoms with Crippen molar-refractivity contribution in [1.82, 2.24) is 5.43 Å². The van der Waals surface area contributed by atoms with Crippen molar-refractivity contribution in [3.63, 3.8) is 0 Å². The molecule has 1 aliphatic rings. The molecule has 0 amide bonds. The molecular formula is C15H24N2O. The molecule has 1 heterocycles. The molecule has 2 atom stereocenters. The molecule has 3 heteroatoms. The molecule has 100 valence electrons. The molecule has 0 radical (unpaired) electrons. The van der Waals surface area contributed by atoms with Gasteiger partial charge in [-0.3, -0.25) is 11.3 Å². The highest BCUT2D eigenvalue weighted by atomic mass is 16.5. The molecule has 3 N–H and O–H groups in total. The topological polar surface area (TPSA) is 47.3 Å². The lowest BCUT2D eigenvalue weighted by atomic mass is 9.95. The molecule has 0 spiro atoms. The lowest BCUT2D eigenvalue weighted by Gasteiger charge is -2.27. The van der Waals surface area contributed by atoms with E-state index in [-0.39, 0.29) is 0 Å². The number of ether oxygens (including phenoxy) is 1. The summed E-state index contributed by atoms with van der Waals surface area (Å²) in [5.74, 6) is 5.68. The van der Waals surface area contributed by atoms with Crippen LogP contribution in [0.2, 0.25) is 0 Å². The van der Waals surface area contributed by atoms with Gasteiger partial charge in [-0.05, 0) is 50.2 Å². The second-order valence-corrected chi connectivity index (χ2v) is 5.22. The van der Waals surface area contributed by atoms with Crippen molar-refractivity contribution in [2.24, 2.45) is 5.84 Å². The molecule has 0 aliphatic carbocycles. The van der Waals surface area contributed by atoms with Crippen LogP contribution in [-0.4, -0.2) is 18.8 Å². The third-order valence-electron chi connectivity index (χ3n) is 3.78. The zero-order valence-corrected chi connectivity index (χ0v) is 11.2. The molecule has 1 aromatic carbocycles. The molecule has 0 bridgehead atoms. The van der Waals surface area contributed by atoms with Crippen LogP contribution in [0, 0.1) is 6.92 Å². The van der Waals surface area contributed by atoms with Gasteiger partial charge in [0.15, 0.2) is 0 Å². The van der Waals surface area contributed by atoms with Crippen LogP contribution in [-0.2, 0) is 11.2 Å². The second-order valence-electron chi connectivity index (χ2n) is 5.22. The molecule has 1 aromatic rings. The van der Waals surface area contributed by atoms with E-state index in [1.54, 1.807) is 0 Å². The van der Waals surface area contributed by atoms with E-state index in [1.807, 2.05) is 0 Å². The van der Waals surface area contributed by atoms with Gasteiger partial charge in [-0.15, -0.1) is 0 Å². The Hall–Kier alpha value is -0.900. The maximum Gasteiger partial charge on any atom is 0.0590 e. The average Bonchev–Trinajstić information content (AvgIpc) is 2.41. The van der Waals surface area contributed by atoms with Gasteiger partial charge < -0.3 is 4.74 Å².